The Morgan fingerprint density at radius 1 is 1.10 bits per heavy atom. The zero-order valence-electron chi connectivity index (χ0n) is 16.8. The van der Waals surface area contributed by atoms with Gasteiger partial charge in [0.2, 0.25) is 5.82 Å². The summed E-state index contributed by atoms with van der Waals surface area (Å²) in [5.41, 5.74) is 3.00. The predicted molar refractivity (Wildman–Crippen MR) is 111 cm³/mol. The van der Waals surface area contributed by atoms with Crippen LogP contribution in [0, 0.1) is 0 Å². The molecule has 0 amide bonds. The quantitative estimate of drug-likeness (QED) is 0.461. The van der Waals surface area contributed by atoms with Crippen molar-refractivity contribution in [3.8, 4) is 34.5 Å². The molecule has 4 aromatic rings. The van der Waals surface area contributed by atoms with Crippen LogP contribution in [-0.4, -0.2) is 39.4 Å². The number of fused-ring (bicyclic) bond motifs is 1. The van der Waals surface area contributed by atoms with Gasteiger partial charge in [0.05, 0.1) is 38.6 Å². The Morgan fingerprint density at radius 3 is 2.71 bits per heavy atom. The van der Waals surface area contributed by atoms with Crippen molar-refractivity contribution in [2.45, 2.75) is 19.3 Å². The summed E-state index contributed by atoms with van der Waals surface area (Å²) in [5, 5.41) is 13.2. The topological polar surface area (TPSA) is 97.3 Å². The lowest BCUT2D eigenvalue weighted by Gasteiger charge is -2.24. The molecule has 1 aliphatic heterocycles. The summed E-state index contributed by atoms with van der Waals surface area (Å²) < 4.78 is 23.9. The molecule has 0 saturated carbocycles. The van der Waals surface area contributed by atoms with Gasteiger partial charge in [-0.05, 0) is 35.9 Å². The molecule has 0 aliphatic carbocycles. The normalized spacial score (nSPS) is 15.5. The van der Waals surface area contributed by atoms with Crippen LogP contribution < -0.4 is 9.47 Å². The largest absolute Gasteiger partial charge is 0.497 e. The molecule has 0 radical (unpaired) electrons. The minimum Gasteiger partial charge on any atom is -0.497 e. The van der Waals surface area contributed by atoms with Crippen molar-refractivity contribution >= 4 is 11.6 Å². The van der Waals surface area contributed by atoms with E-state index in [9.17, 15) is 0 Å². The second-order valence-corrected chi connectivity index (χ2v) is 7.34. The van der Waals surface area contributed by atoms with Gasteiger partial charge in [-0.25, -0.2) is 4.68 Å². The number of ether oxygens (including phenoxy) is 3. The van der Waals surface area contributed by atoms with Gasteiger partial charge in [0, 0.05) is 5.02 Å². The van der Waals surface area contributed by atoms with E-state index in [0.29, 0.717) is 46.9 Å². The molecule has 2 aromatic heterocycles. The maximum atomic E-state index is 6.06. The molecule has 3 heterocycles. The van der Waals surface area contributed by atoms with E-state index >= 15 is 0 Å². The maximum absolute atomic E-state index is 6.06. The highest BCUT2D eigenvalue weighted by atomic mass is 35.5. The molecular formula is C21H18ClN5O4. The summed E-state index contributed by atoms with van der Waals surface area (Å²) in [6, 6.07) is 13.0. The molecule has 0 N–H and O–H groups in total. The molecule has 31 heavy (non-hydrogen) atoms. The Labute approximate surface area is 182 Å². The monoisotopic (exact) mass is 439 g/mol. The molecule has 0 fully saturated rings. The Bertz CT molecular complexity index is 1220. The summed E-state index contributed by atoms with van der Waals surface area (Å²) in [5.74, 6) is 1.98. The molecule has 1 unspecified atom stereocenters. The van der Waals surface area contributed by atoms with Gasteiger partial charge >= 0.3 is 0 Å². The average Bonchev–Trinajstić information content (AvgIpc) is 3.45. The number of aromatic nitrogens is 5. The number of methoxy groups -OCH3 is 2. The third-order valence-corrected chi connectivity index (χ3v) is 5.35. The van der Waals surface area contributed by atoms with Crippen molar-refractivity contribution in [3.05, 3.63) is 58.7 Å². The van der Waals surface area contributed by atoms with Crippen molar-refractivity contribution in [2.24, 2.45) is 0 Å². The van der Waals surface area contributed by atoms with E-state index in [1.54, 1.807) is 32.4 Å². The summed E-state index contributed by atoms with van der Waals surface area (Å²) >= 11 is 6.03. The van der Waals surface area contributed by atoms with Crippen LogP contribution in [0.1, 0.15) is 17.4 Å². The molecule has 2 aromatic carbocycles. The number of halogens is 1. The third-order valence-electron chi connectivity index (χ3n) is 5.12. The van der Waals surface area contributed by atoms with Gasteiger partial charge in [0.15, 0.2) is 5.69 Å². The van der Waals surface area contributed by atoms with Gasteiger partial charge in [-0.2, -0.15) is 4.98 Å². The molecule has 1 aliphatic rings. The van der Waals surface area contributed by atoms with Crippen LogP contribution in [0.15, 0.2) is 47.0 Å². The first-order valence-electron chi connectivity index (χ1n) is 9.52. The standard InChI is InChI=1S/C21H18ClN5O4/c1-28-14-6-3-12(4-7-14)18-10-27-16(11-30-18)19(24-26-27)20-23-21(31-25-20)15-8-5-13(22)9-17(15)29-2/h3-9,18H,10-11H2,1-2H3. The lowest BCUT2D eigenvalue weighted by Crippen LogP contribution is -2.22. The van der Waals surface area contributed by atoms with Crippen LogP contribution in [0.25, 0.3) is 23.0 Å². The van der Waals surface area contributed by atoms with Crippen LogP contribution in [0.3, 0.4) is 0 Å². The molecule has 9 nitrogen and oxygen atoms in total. The zero-order chi connectivity index (χ0) is 21.4. The first kappa shape index (κ1) is 19.5. The maximum Gasteiger partial charge on any atom is 0.262 e. The van der Waals surface area contributed by atoms with Crippen molar-refractivity contribution in [1.29, 1.82) is 0 Å². The number of hydrogen-bond acceptors (Lipinski definition) is 8. The third kappa shape index (κ3) is 3.62. The predicted octanol–water partition coefficient (Wildman–Crippen LogP) is 3.94. The second kappa shape index (κ2) is 8.01. The SMILES string of the molecule is COc1ccc(C2Cn3nnc(-c4noc(-c5ccc(Cl)cc5OC)n4)c3CO2)cc1. The molecule has 0 bridgehead atoms. The van der Waals surface area contributed by atoms with Crippen LogP contribution in [0.2, 0.25) is 5.02 Å². The van der Waals surface area contributed by atoms with Crippen molar-refractivity contribution in [1.82, 2.24) is 25.1 Å². The van der Waals surface area contributed by atoms with Crippen molar-refractivity contribution in [3.63, 3.8) is 0 Å². The lowest BCUT2D eigenvalue weighted by atomic mass is 10.1. The Balaban J connectivity index is 1.40. The number of hydrogen-bond donors (Lipinski definition) is 0. The first-order valence-corrected chi connectivity index (χ1v) is 9.90. The minimum atomic E-state index is -0.132. The van der Waals surface area contributed by atoms with Crippen LogP contribution in [-0.2, 0) is 17.9 Å². The second-order valence-electron chi connectivity index (χ2n) is 6.91. The van der Waals surface area contributed by atoms with E-state index in [2.05, 4.69) is 20.5 Å². The van der Waals surface area contributed by atoms with Crippen LogP contribution in [0.5, 0.6) is 11.5 Å². The lowest BCUT2D eigenvalue weighted by molar-refractivity contribution is -0.00114. The van der Waals surface area contributed by atoms with Gasteiger partial charge in [0.25, 0.3) is 5.89 Å². The van der Waals surface area contributed by atoms with Gasteiger partial charge in [-0.3, -0.25) is 0 Å². The highest BCUT2D eigenvalue weighted by Crippen LogP contribution is 2.34. The van der Waals surface area contributed by atoms with Crippen molar-refractivity contribution in [2.75, 3.05) is 14.2 Å². The average molecular weight is 440 g/mol. The molecule has 10 heteroatoms. The fourth-order valence-electron chi connectivity index (χ4n) is 3.48. The molecular weight excluding hydrogens is 422 g/mol. The summed E-state index contributed by atoms with van der Waals surface area (Å²) in [4.78, 5) is 4.48. The number of nitrogens with zero attached hydrogens (tertiary/aromatic N) is 5. The van der Waals surface area contributed by atoms with Gasteiger partial charge in [-0.15, -0.1) is 5.10 Å². The fourth-order valence-corrected chi connectivity index (χ4v) is 3.64. The van der Waals surface area contributed by atoms with E-state index in [1.807, 2.05) is 28.9 Å². The van der Waals surface area contributed by atoms with Crippen LogP contribution in [0.4, 0.5) is 0 Å². The van der Waals surface area contributed by atoms with Gasteiger partial charge in [0.1, 0.15) is 17.6 Å². The highest BCUT2D eigenvalue weighted by Gasteiger charge is 2.28. The van der Waals surface area contributed by atoms with E-state index in [1.165, 1.54) is 0 Å². The molecule has 5 rings (SSSR count). The van der Waals surface area contributed by atoms with Gasteiger partial charge in [-0.1, -0.05) is 34.1 Å². The van der Waals surface area contributed by atoms with Crippen LogP contribution >= 0.6 is 11.6 Å². The van der Waals surface area contributed by atoms with E-state index in [0.717, 1.165) is 17.0 Å². The van der Waals surface area contributed by atoms with E-state index in [4.69, 9.17) is 30.3 Å². The van der Waals surface area contributed by atoms with Crippen molar-refractivity contribution < 1.29 is 18.7 Å². The summed E-state index contributed by atoms with van der Waals surface area (Å²) in [6.07, 6.45) is -0.132. The summed E-state index contributed by atoms with van der Waals surface area (Å²) in [7, 11) is 3.19. The molecule has 0 spiro atoms. The molecule has 1 atom stereocenters. The van der Waals surface area contributed by atoms with E-state index < -0.39 is 0 Å². The Kier molecular flexibility index (Phi) is 5.05. The zero-order valence-corrected chi connectivity index (χ0v) is 17.5. The summed E-state index contributed by atoms with van der Waals surface area (Å²) in [6.45, 7) is 0.859. The number of benzene rings is 2. The molecule has 0 saturated heterocycles. The number of rotatable bonds is 5. The van der Waals surface area contributed by atoms with E-state index in [-0.39, 0.29) is 6.10 Å². The Hall–Kier alpha value is -3.43. The minimum absolute atomic E-state index is 0.132. The van der Waals surface area contributed by atoms with Gasteiger partial charge < -0.3 is 18.7 Å². The Morgan fingerprint density at radius 2 is 1.94 bits per heavy atom. The molecule has 158 valence electrons. The fraction of sp³-hybridized carbons (Fsp3) is 0.238. The highest BCUT2D eigenvalue weighted by molar-refractivity contribution is 6.30. The first-order chi connectivity index (χ1) is 15.2. The smallest absolute Gasteiger partial charge is 0.262 e.